The van der Waals surface area contributed by atoms with Crippen molar-refractivity contribution in [1.82, 2.24) is 4.31 Å². The quantitative estimate of drug-likeness (QED) is 0.808. The number of sulfonamides is 1. The molecule has 6 heteroatoms. The Labute approximate surface area is 125 Å². The fourth-order valence-electron chi connectivity index (χ4n) is 2.32. The van der Waals surface area contributed by atoms with E-state index in [-0.39, 0.29) is 10.9 Å². The molecule has 1 aromatic rings. The molecule has 0 aliphatic heterocycles. The lowest BCUT2D eigenvalue weighted by atomic mass is 10.1. The topological polar surface area (TPSA) is 37.4 Å². The van der Waals surface area contributed by atoms with Crippen LogP contribution in [0.2, 0.25) is 0 Å². The van der Waals surface area contributed by atoms with Crippen LogP contribution in [0.5, 0.6) is 0 Å². The number of halogens is 1. The van der Waals surface area contributed by atoms with Crippen LogP contribution in [0.25, 0.3) is 0 Å². The Hall–Kier alpha value is -0.590. The van der Waals surface area contributed by atoms with Gasteiger partial charge >= 0.3 is 0 Å². The van der Waals surface area contributed by atoms with Crippen molar-refractivity contribution in [2.24, 2.45) is 0 Å². The Morgan fingerprint density at radius 2 is 1.80 bits per heavy atom. The molecule has 0 aliphatic carbocycles. The van der Waals surface area contributed by atoms with Crippen molar-refractivity contribution in [2.45, 2.75) is 38.1 Å². The zero-order chi connectivity index (χ0) is 15.5. The number of hydrogen-bond acceptors (Lipinski definition) is 3. The molecular weight excluding hydrogens is 297 g/mol. The van der Waals surface area contributed by atoms with Crippen molar-refractivity contribution < 1.29 is 12.8 Å². The van der Waals surface area contributed by atoms with E-state index in [0.717, 1.165) is 12.2 Å². The van der Waals surface area contributed by atoms with Gasteiger partial charge in [0.1, 0.15) is 5.82 Å². The molecule has 0 bridgehead atoms. The zero-order valence-electron chi connectivity index (χ0n) is 12.6. The third kappa shape index (κ3) is 3.54. The van der Waals surface area contributed by atoms with Crippen LogP contribution in [0.3, 0.4) is 0 Å². The molecule has 0 saturated carbocycles. The second-order valence-electron chi connectivity index (χ2n) is 4.91. The summed E-state index contributed by atoms with van der Waals surface area (Å²) in [6.45, 7) is 5.23. The predicted molar refractivity (Wildman–Crippen MR) is 83.3 cm³/mol. The summed E-state index contributed by atoms with van der Waals surface area (Å²) in [7, 11) is -2.00. The van der Waals surface area contributed by atoms with Crippen molar-refractivity contribution >= 4 is 21.8 Å². The van der Waals surface area contributed by atoms with Crippen LogP contribution in [-0.4, -0.2) is 37.8 Å². The van der Waals surface area contributed by atoms with Gasteiger partial charge in [-0.05, 0) is 49.8 Å². The van der Waals surface area contributed by atoms with Crippen LogP contribution in [-0.2, 0) is 10.0 Å². The van der Waals surface area contributed by atoms with E-state index >= 15 is 0 Å². The molecule has 0 N–H and O–H groups in total. The van der Waals surface area contributed by atoms with E-state index in [2.05, 4.69) is 0 Å². The lowest BCUT2D eigenvalue weighted by Crippen LogP contribution is -2.38. The summed E-state index contributed by atoms with van der Waals surface area (Å²) in [6.07, 6.45) is 2.70. The van der Waals surface area contributed by atoms with Gasteiger partial charge in [0.2, 0.25) is 10.0 Å². The molecule has 1 atom stereocenters. The summed E-state index contributed by atoms with van der Waals surface area (Å²) < 4.78 is 40.3. The summed E-state index contributed by atoms with van der Waals surface area (Å²) >= 11 is 1.62. The molecule has 0 spiro atoms. The van der Waals surface area contributed by atoms with Gasteiger partial charge in [0.25, 0.3) is 0 Å². The molecule has 0 radical (unpaired) electrons. The van der Waals surface area contributed by atoms with Crippen molar-refractivity contribution in [3.05, 3.63) is 29.1 Å². The molecular formula is C14H22FNO2S2. The molecule has 0 saturated heterocycles. The highest BCUT2D eigenvalue weighted by Crippen LogP contribution is 2.26. The first-order chi connectivity index (χ1) is 9.25. The Balaban J connectivity index is 3.30. The monoisotopic (exact) mass is 319 g/mol. The first kappa shape index (κ1) is 17.5. The molecule has 20 heavy (non-hydrogen) atoms. The van der Waals surface area contributed by atoms with E-state index in [0.29, 0.717) is 11.1 Å². The lowest BCUT2D eigenvalue weighted by molar-refractivity contribution is 0.385. The second kappa shape index (κ2) is 6.91. The average molecular weight is 319 g/mol. The molecule has 114 valence electrons. The fraction of sp³-hybridized carbons (Fsp3) is 0.571. The van der Waals surface area contributed by atoms with Crippen LogP contribution in [0.4, 0.5) is 4.39 Å². The van der Waals surface area contributed by atoms with Crippen LogP contribution < -0.4 is 0 Å². The Morgan fingerprint density at radius 1 is 1.30 bits per heavy atom. The van der Waals surface area contributed by atoms with Crippen LogP contribution in [0, 0.1) is 19.7 Å². The smallest absolute Gasteiger partial charge is 0.207 e. The molecule has 0 aromatic heterocycles. The minimum atomic E-state index is -3.60. The van der Waals surface area contributed by atoms with Gasteiger partial charge in [-0.2, -0.15) is 16.1 Å². The normalized spacial score (nSPS) is 13.8. The standard InChI is InChI=1S/C14H22FNO2S2/c1-6-13(9-19-5)16(4)20(17,18)14-10(2)7-12(15)8-11(14)3/h7-8,13H,6,9H2,1-5H3. The maximum absolute atomic E-state index is 13.3. The first-order valence-electron chi connectivity index (χ1n) is 6.49. The summed E-state index contributed by atoms with van der Waals surface area (Å²) in [5, 5.41) is 0. The second-order valence-corrected chi connectivity index (χ2v) is 7.75. The molecule has 1 unspecified atom stereocenters. The molecule has 0 amide bonds. The maximum Gasteiger partial charge on any atom is 0.243 e. The zero-order valence-corrected chi connectivity index (χ0v) is 14.2. The Bertz CT molecular complexity index is 550. The summed E-state index contributed by atoms with van der Waals surface area (Å²) in [6, 6.07) is 2.48. The third-order valence-electron chi connectivity index (χ3n) is 3.41. The van der Waals surface area contributed by atoms with E-state index < -0.39 is 15.8 Å². The number of thioether (sulfide) groups is 1. The van der Waals surface area contributed by atoms with Crippen LogP contribution in [0.15, 0.2) is 17.0 Å². The summed E-state index contributed by atoms with van der Waals surface area (Å²) in [4.78, 5) is 0.223. The molecule has 0 fully saturated rings. The van der Waals surface area contributed by atoms with Gasteiger partial charge in [-0.1, -0.05) is 6.92 Å². The van der Waals surface area contributed by atoms with Gasteiger partial charge in [-0.3, -0.25) is 0 Å². The van der Waals surface area contributed by atoms with Crippen molar-refractivity contribution in [2.75, 3.05) is 19.1 Å². The van der Waals surface area contributed by atoms with Gasteiger partial charge in [-0.25, -0.2) is 12.8 Å². The van der Waals surface area contributed by atoms with Crippen molar-refractivity contribution in [3.63, 3.8) is 0 Å². The van der Waals surface area contributed by atoms with Crippen LogP contribution in [0.1, 0.15) is 24.5 Å². The number of aryl methyl sites for hydroxylation is 2. The minimum Gasteiger partial charge on any atom is -0.207 e. The fourth-order valence-corrected chi connectivity index (χ4v) is 5.09. The molecule has 3 nitrogen and oxygen atoms in total. The van der Waals surface area contributed by atoms with E-state index in [4.69, 9.17) is 0 Å². The molecule has 1 rings (SSSR count). The minimum absolute atomic E-state index is 0.0566. The van der Waals surface area contributed by atoms with E-state index in [9.17, 15) is 12.8 Å². The number of benzene rings is 1. The number of hydrogen-bond donors (Lipinski definition) is 0. The van der Waals surface area contributed by atoms with Crippen molar-refractivity contribution in [3.8, 4) is 0 Å². The predicted octanol–water partition coefficient (Wildman–Crippen LogP) is 3.20. The Kier molecular flexibility index (Phi) is 6.04. The summed E-state index contributed by atoms with van der Waals surface area (Å²) in [5.41, 5.74) is 0.904. The molecule has 1 aromatic carbocycles. The first-order valence-corrected chi connectivity index (χ1v) is 9.32. The highest BCUT2D eigenvalue weighted by molar-refractivity contribution is 7.98. The Morgan fingerprint density at radius 3 is 2.20 bits per heavy atom. The SMILES string of the molecule is CCC(CSC)N(C)S(=O)(=O)c1c(C)cc(F)cc1C. The van der Waals surface area contributed by atoms with Gasteiger partial charge < -0.3 is 0 Å². The highest BCUT2D eigenvalue weighted by Gasteiger charge is 2.29. The average Bonchev–Trinajstić information content (AvgIpc) is 2.33. The van der Waals surface area contributed by atoms with Crippen LogP contribution >= 0.6 is 11.8 Å². The lowest BCUT2D eigenvalue weighted by Gasteiger charge is -2.27. The summed E-state index contributed by atoms with van der Waals surface area (Å²) in [5.74, 6) is 0.337. The molecule has 0 aliphatic rings. The number of nitrogens with zero attached hydrogens (tertiary/aromatic N) is 1. The number of rotatable bonds is 6. The maximum atomic E-state index is 13.3. The van der Waals surface area contributed by atoms with Gasteiger partial charge in [0.05, 0.1) is 4.90 Å². The van der Waals surface area contributed by atoms with E-state index in [1.165, 1.54) is 16.4 Å². The van der Waals surface area contributed by atoms with Gasteiger partial charge in [-0.15, -0.1) is 0 Å². The third-order valence-corrected chi connectivity index (χ3v) is 6.34. The molecule has 0 heterocycles. The van der Waals surface area contributed by atoms with Crippen molar-refractivity contribution in [1.29, 1.82) is 0 Å². The largest absolute Gasteiger partial charge is 0.243 e. The van der Waals surface area contributed by atoms with E-state index in [1.54, 1.807) is 32.7 Å². The van der Waals surface area contributed by atoms with E-state index in [1.807, 2.05) is 13.2 Å². The van der Waals surface area contributed by atoms with Gasteiger partial charge in [0.15, 0.2) is 0 Å². The highest BCUT2D eigenvalue weighted by atomic mass is 32.2. The van der Waals surface area contributed by atoms with Gasteiger partial charge in [0, 0.05) is 18.8 Å².